The van der Waals surface area contributed by atoms with Crippen molar-refractivity contribution in [3.8, 4) is 0 Å². The van der Waals surface area contributed by atoms with Crippen molar-refractivity contribution in [1.29, 1.82) is 0 Å². The van der Waals surface area contributed by atoms with Gasteiger partial charge in [-0.05, 0) is 0 Å². The average molecular weight is 202 g/mol. The molecule has 0 atom stereocenters. The molecule has 0 amide bonds. The molecular weight excluding hydrogens is 200 g/mol. The molecule has 0 radical (unpaired) electrons. The van der Waals surface area contributed by atoms with E-state index in [9.17, 15) is 23.5 Å². The molecule has 0 spiro atoms. The predicted octanol–water partition coefficient (Wildman–Crippen LogP) is -7.71. The van der Waals surface area contributed by atoms with E-state index in [2.05, 4.69) is 0 Å². The molecule has 0 aliphatic carbocycles. The van der Waals surface area contributed by atoms with Gasteiger partial charge in [0.25, 0.3) is 0 Å². The molecule has 9 heteroatoms. The smallest absolute Gasteiger partial charge is 0.870 e. The van der Waals surface area contributed by atoms with Crippen molar-refractivity contribution in [2.45, 2.75) is 5.92 Å². The molecule has 0 rings (SSSR count). The predicted molar refractivity (Wildman–Crippen MR) is 19.5 cm³/mol. The molecule has 12 heavy (non-hydrogen) atoms. The van der Waals surface area contributed by atoms with Crippen molar-refractivity contribution in [3.63, 3.8) is 0 Å². The summed E-state index contributed by atoms with van der Waals surface area (Å²) >= 11 is 0. The van der Waals surface area contributed by atoms with Gasteiger partial charge in [0.2, 0.25) is 0 Å². The van der Waals surface area contributed by atoms with Crippen LogP contribution in [-0.2, 0) is 9.59 Å². The van der Waals surface area contributed by atoms with Gasteiger partial charge < -0.3 is 20.5 Å². The van der Waals surface area contributed by atoms with Gasteiger partial charge in [0, 0.05) is 0 Å². The van der Waals surface area contributed by atoms with E-state index in [4.69, 9.17) is 5.11 Å². The number of carbonyl (C=O) groups is 2. The quantitative estimate of drug-likeness (QED) is 0.353. The van der Waals surface area contributed by atoms with E-state index in [1.165, 1.54) is 0 Å². The number of carbonyl (C=O) groups excluding carboxylic acids is 1. The largest absolute Gasteiger partial charge is 1.00 e. The van der Waals surface area contributed by atoms with Gasteiger partial charge in [-0.3, -0.25) is 0 Å². The van der Waals surface area contributed by atoms with Crippen LogP contribution in [0.4, 0.5) is 8.78 Å². The topological polar surface area (TPSA) is 107 Å². The minimum Gasteiger partial charge on any atom is -0.870 e. The van der Waals surface area contributed by atoms with Gasteiger partial charge in [-0.25, -0.2) is 4.79 Å². The fourth-order valence-electron chi connectivity index (χ4n) is 0.0873. The SMILES string of the molecule is O=C([O-])C(F)(F)C(=O)O.[Na+].[Na+].[OH-]. The summed E-state index contributed by atoms with van der Waals surface area (Å²) in [6.07, 6.45) is 0. The molecule has 0 aromatic carbocycles. The van der Waals surface area contributed by atoms with Gasteiger partial charge in [0.05, 0.1) is 0 Å². The number of carboxylic acid groups (broad SMARTS) is 2. The summed E-state index contributed by atoms with van der Waals surface area (Å²) in [6.45, 7) is 0. The van der Waals surface area contributed by atoms with Crippen molar-refractivity contribution >= 4 is 11.9 Å². The van der Waals surface area contributed by atoms with E-state index in [0.717, 1.165) is 0 Å². The minimum atomic E-state index is -4.78. The standard InChI is InChI=1S/C3H2F2O4.2Na.H2O/c4-3(5,1(6)7)2(8)9;;;/h(H,6,7)(H,8,9);;;1H2/q;2*+1;/p-2. The summed E-state index contributed by atoms with van der Waals surface area (Å²) in [5.74, 6) is -10.4. The number of alkyl halides is 2. The third-order valence-corrected chi connectivity index (χ3v) is 0.525. The summed E-state index contributed by atoms with van der Waals surface area (Å²) in [5, 5.41) is 16.7. The first-order valence-electron chi connectivity index (χ1n) is 1.71. The summed E-state index contributed by atoms with van der Waals surface area (Å²) in [5.41, 5.74) is 0. The first-order chi connectivity index (χ1) is 3.89. The Morgan fingerprint density at radius 2 is 1.50 bits per heavy atom. The first-order valence-corrected chi connectivity index (χ1v) is 1.71. The second-order valence-corrected chi connectivity index (χ2v) is 1.17. The molecule has 0 aliphatic heterocycles. The second kappa shape index (κ2) is 8.36. The van der Waals surface area contributed by atoms with E-state index in [1.54, 1.807) is 0 Å². The van der Waals surface area contributed by atoms with Crippen LogP contribution in [-0.4, -0.2) is 28.4 Å². The Bertz CT molecular complexity index is 145. The maximum Gasteiger partial charge on any atom is 1.00 e. The molecule has 0 aromatic heterocycles. The molecule has 0 aromatic rings. The van der Waals surface area contributed by atoms with Gasteiger partial charge in [-0.2, -0.15) is 8.78 Å². The van der Waals surface area contributed by atoms with Crippen molar-refractivity contribution < 1.29 is 93.2 Å². The van der Waals surface area contributed by atoms with E-state index in [0.29, 0.717) is 0 Å². The molecule has 0 fully saturated rings. The Balaban J connectivity index is -0.000000107. The molecule has 0 saturated carbocycles. The molecule has 0 bridgehead atoms. The van der Waals surface area contributed by atoms with Crippen LogP contribution in [0.15, 0.2) is 0 Å². The maximum absolute atomic E-state index is 11.4. The normalized spacial score (nSPS) is 8.17. The van der Waals surface area contributed by atoms with Gasteiger partial charge in [-0.1, -0.05) is 0 Å². The van der Waals surface area contributed by atoms with Crippen LogP contribution in [0.1, 0.15) is 0 Å². The number of halogens is 2. The summed E-state index contributed by atoms with van der Waals surface area (Å²) < 4.78 is 22.8. The molecular formula is C3H2F2Na2O5. The van der Waals surface area contributed by atoms with Gasteiger partial charge in [-0.15, -0.1) is 0 Å². The van der Waals surface area contributed by atoms with Crippen LogP contribution in [0.5, 0.6) is 0 Å². The van der Waals surface area contributed by atoms with Crippen molar-refractivity contribution in [1.82, 2.24) is 0 Å². The van der Waals surface area contributed by atoms with Crippen LogP contribution < -0.4 is 64.2 Å². The van der Waals surface area contributed by atoms with Crippen LogP contribution >= 0.6 is 0 Å². The second-order valence-electron chi connectivity index (χ2n) is 1.17. The third kappa shape index (κ3) is 6.30. The molecule has 0 unspecified atom stereocenters. The fourth-order valence-corrected chi connectivity index (χ4v) is 0.0873. The fraction of sp³-hybridized carbons (Fsp3) is 0.333. The average Bonchev–Trinajstić information content (AvgIpc) is 1.65. The van der Waals surface area contributed by atoms with E-state index < -0.39 is 17.9 Å². The van der Waals surface area contributed by atoms with Crippen LogP contribution in [0.25, 0.3) is 0 Å². The molecule has 5 nitrogen and oxygen atoms in total. The Morgan fingerprint density at radius 1 is 1.25 bits per heavy atom. The van der Waals surface area contributed by atoms with Gasteiger partial charge in [0.15, 0.2) is 0 Å². The monoisotopic (exact) mass is 202 g/mol. The summed E-state index contributed by atoms with van der Waals surface area (Å²) in [4.78, 5) is 18.5. The summed E-state index contributed by atoms with van der Waals surface area (Å²) in [6, 6.07) is 0. The van der Waals surface area contributed by atoms with Gasteiger partial charge >= 0.3 is 71.0 Å². The van der Waals surface area contributed by atoms with Crippen LogP contribution in [0, 0.1) is 0 Å². The zero-order valence-electron chi connectivity index (χ0n) is 6.38. The van der Waals surface area contributed by atoms with Crippen molar-refractivity contribution in [2.24, 2.45) is 0 Å². The molecule has 0 heterocycles. The zero-order chi connectivity index (χ0) is 7.65. The molecule has 0 saturated heterocycles. The third-order valence-electron chi connectivity index (χ3n) is 0.525. The Morgan fingerprint density at radius 3 is 1.50 bits per heavy atom. The van der Waals surface area contributed by atoms with Crippen LogP contribution in [0.3, 0.4) is 0 Å². The first kappa shape index (κ1) is 23.0. The Hall–Kier alpha value is 0.760. The van der Waals surface area contributed by atoms with Crippen molar-refractivity contribution in [3.05, 3.63) is 0 Å². The number of rotatable bonds is 2. The van der Waals surface area contributed by atoms with E-state index >= 15 is 0 Å². The van der Waals surface area contributed by atoms with Gasteiger partial charge in [0.1, 0.15) is 5.97 Å². The number of hydrogen-bond acceptors (Lipinski definition) is 4. The minimum absolute atomic E-state index is 0. The number of carboxylic acids is 2. The zero-order valence-corrected chi connectivity index (χ0v) is 10.4. The number of hydrogen-bond donors (Lipinski definition) is 1. The Labute approximate surface area is 110 Å². The van der Waals surface area contributed by atoms with E-state index in [1.807, 2.05) is 0 Å². The van der Waals surface area contributed by atoms with Crippen LogP contribution in [0.2, 0.25) is 0 Å². The molecule has 60 valence electrons. The molecule has 0 aliphatic rings. The molecule has 2 N–H and O–H groups in total. The summed E-state index contributed by atoms with van der Waals surface area (Å²) in [7, 11) is 0. The van der Waals surface area contributed by atoms with E-state index in [-0.39, 0.29) is 64.6 Å². The maximum atomic E-state index is 11.4. The van der Waals surface area contributed by atoms with Crippen molar-refractivity contribution in [2.75, 3.05) is 0 Å². The Kier molecular flexibility index (Phi) is 16.0. The number of aliphatic carboxylic acids is 2.